The number of aliphatic hydroxyl groups is 1. The first-order chi connectivity index (χ1) is 6.04. The van der Waals surface area contributed by atoms with E-state index in [0.29, 0.717) is 6.42 Å². The molecule has 0 heterocycles. The number of aliphatic hydroxyl groups excluding tert-OH is 1. The molecule has 0 aromatic rings. The van der Waals surface area contributed by atoms with Crippen LogP contribution in [0.2, 0.25) is 0 Å². The van der Waals surface area contributed by atoms with Crippen LogP contribution in [0.4, 0.5) is 0 Å². The highest BCUT2D eigenvalue weighted by Gasteiger charge is 2.23. The van der Waals surface area contributed by atoms with Crippen LogP contribution in [0.3, 0.4) is 0 Å². The van der Waals surface area contributed by atoms with Crippen LogP contribution in [0.5, 0.6) is 0 Å². The summed E-state index contributed by atoms with van der Waals surface area (Å²) in [7, 11) is 0. The molecule has 0 bridgehead atoms. The second-order valence-corrected chi connectivity index (χ2v) is 3.83. The molecule has 0 aliphatic rings. The Labute approximate surface area is 80.0 Å². The van der Waals surface area contributed by atoms with Crippen molar-refractivity contribution in [2.75, 3.05) is 6.61 Å². The molecule has 0 spiro atoms. The summed E-state index contributed by atoms with van der Waals surface area (Å²) in [6, 6.07) is 0. The Morgan fingerprint density at radius 1 is 1.38 bits per heavy atom. The van der Waals surface area contributed by atoms with E-state index in [4.69, 9.17) is 10.4 Å². The number of allylic oxidation sites excluding steroid dienone is 2. The molecule has 0 saturated carbocycles. The van der Waals surface area contributed by atoms with Crippen molar-refractivity contribution in [3.8, 4) is 0 Å². The molecular formula is C10H20O3. The van der Waals surface area contributed by atoms with Crippen LogP contribution in [0.15, 0.2) is 11.6 Å². The summed E-state index contributed by atoms with van der Waals surface area (Å²) in [5.74, 6) is 0. The van der Waals surface area contributed by atoms with Crippen LogP contribution >= 0.6 is 0 Å². The van der Waals surface area contributed by atoms with Crippen molar-refractivity contribution >= 4 is 0 Å². The van der Waals surface area contributed by atoms with Gasteiger partial charge in [0.2, 0.25) is 0 Å². The van der Waals surface area contributed by atoms with Crippen molar-refractivity contribution in [3.05, 3.63) is 11.6 Å². The van der Waals surface area contributed by atoms with Gasteiger partial charge in [0, 0.05) is 13.0 Å². The fraction of sp³-hybridized carbons (Fsp3) is 0.800. The Bertz CT molecular complexity index is 162. The number of hydrogen-bond donors (Lipinski definition) is 2. The maximum absolute atomic E-state index is 8.73. The lowest BCUT2D eigenvalue weighted by molar-refractivity contribution is -0.322. The van der Waals surface area contributed by atoms with E-state index in [1.165, 1.54) is 5.57 Å². The molecule has 0 unspecified atom stereocenters. The third-order valence-corrected chi connectivity index (χ3v) is 2.09. The van der Waals surface area contributed by atoms with Gasteiger partial charge in [-0.25, -0.2) is 4.89 Å². The zero-order chi connectivity index (χ0) is 10.3. The zero-order valence-electron chi connectivity index (χ0n) is 8.71. The fourth-order valence-electron chi connectivity index (χ4n) is 1.12. The number of hydrogen-bond acceptors (Lipinski definition) is 3. The van der Waals surface area contributed by atoms with Gasteiger partial charge in [-0.05, 0) is 33.6 Å². The van der Waals surface area contributed by atoms with Gasteiger partial charge in [0.05, 0.1) is 0 Å². The van der Waals surface area contributed by atoms with Gasteiger partial charge >= 0.3 is 0 Å². The van der Waals surface area contributed by atoms with Gasteiger partial charge in [-0.15, -0.1) is 0 Å². The molecule has 13 heavy (non-hydrogen) atoms. The first-order valence-electron chi connectivity index (χ1n) is 4.61. The highest BCUT2D eigenvalue weighted by molar-refractivity contribution is 4.94. The molecule has 0 saturated heterocycles. The Morgan fingerprint density at radius 2 is 2.00 bits per heavy atom. The lowest BCUT2D eigenvalue weighted by atomic mass is 9.96. The van der Waals surface area contributed by atoms with Crippen LogP contribution in [0.1, 0.15) is 40.0 Å². The third-order valence-electron chi connectivity index (χ3n) is 2.09. The molecule has 78 valence electrons. The van der Waals surface area contributed by atoms with Crippen molar-refractivity contribution in [1.29, 1.82) is 0 Å². The molecule has 0 radical (unpaired) electrons. The molecule has 0 aromatic heterocycles. The average molecular weight is 188 g/mol. The van der Waals surface area contributed by atoms with Crippen molar-refractivity contribution < 1.29 is 15.3 Å². The summed E-state index contributed by atoms with van der Waals surface area (Å²) in [6.45, 7) is 5.89. The lowest BCUT2D eigenvalue weighted by Crippen LogP contribution is -2.28. The number of rotatable bonds is 6. The summed E-state index contributed by atoms with van der Waals surface area (Å²) in [6.07, 6.45) is 4.13. The van der Waals surface area contributed by atoms with Gasteiger partial charge in [-0.2, -0.15) is 0 Å². The van der Waals surface area contributed by atoms with Crippen molar-refractivity contribution in [3.63, 3.8) is 0 Å². The van der Waals surface area contributed by atoms with Gasteiger partial charge < -0.3 is 5.11 Å². The molecule has 0 fully saturated rings. The first-order valence-corrected chi connectivity index (χ1v) is 4.61. The van der Waals surface area contributed by atoms with E-state index in [9.17, 15) is 0 Å². The first kappa shape index (κ1) is 12.6. The Hall–Kier alpha value is -0.380. The minimum absolute atomic E-state index is 0.0336. The van der Waals surface area contributed by atoms with E-state index < -0.39 is 5.60 Å². The molecule has 2 N–H and O–H groups in total. The predicted octanol–water partition coefficient (Wildman–Crippen LogP) is 2.36. The van der Waals surface area contributed by atoms with E-state index >= 15 is 0 Å². The molecular weight excluding hydrogens is 168 g/mol. The van der Waals surface area contributed by atoms with Gasteiger partial charge in [0.1, 0.15) is 5.60 Å². The molecule has 1 atom stereocenters. The molecule has 0 amide bonds. The van der Waals surface area contributed by atoms with E-state index in [2.05, 4.69) is 11.0 Å². The quantitative estimate of drug-likeness (QED) is 0.382. The lowest BCUT2D eigenvalue weighted by Gasteiger charge is -2.24. The van der Waals surface area contributed by atoms with E-state index in [1.54, 1.807) is 6.92 Å². The summed E-state index contributed by atoms with van der Waals surface area (Å²) in [5, 5.41) is 17.4. The summed E-state index contributed by atoms with van der Waals surface area (Å²) >= 11 is 0. The molecule has 0 rings (SSSR count). The van der Waals surface area contributed by atoms with Crippen LogP contribution in [-0.2, 0) is 4.89 Å². The molecule has 3 nitrogen and oxygen atoms in total. The summed E-state index contributed by atoms with van der Waals surface area (Å²) in [4.78, 5) is 4.37. The minimum atomic E-state index is -0.610. The minimum Gasteiger partial charge on any atom is -0.396 e. The van der Waals surface area contributed by atoms with Crippen molar-refractivity contribution in [2.45, 2.75) is 45.6 Å². The highest BCUT2D eigenvalue weighted by atomic mass is 17.1. The smallest absolute Gasteiger partial charge is 0.103 e. The van der Waals surface area contributed by atoms with Crippen LogP contribution in [-0.4, -0.2) is 22.6 Å². The van der Waals surface area contributed by atoms with Crippen LogP contribution in [0.25, 0.3) is 0 Å². The fourth-order valence-corrected chi connectivity index (χ4v) is 1.12. The van der Waals surface area contributed by atoms with Gasteiger partial charge in [-0.1, -0.05) is 11.6 Å². The van der Waals surface area contributed by atoms with E-state index in [1.807, 2.05) is 13.8 Å². The average Bonchev–Trinajstić information content (AvgIpc) is 2.04. The third kappa shape index (κ3) is 5.80. The van der Waals surface area contributed by atoms with Crippen molar-refractivity contribution in [1.82, 2.24) is 0 Å². The zero-order valence-corrected chi connectivity index (χ0v) is 8.71. The molecule has 0 aromatic carbocycles. The van der Waals surface area contributed by atoms with Gasteiger partial charge in [0.25, 0.3) is 0 Å². The Balaban J connectivity index is 3.90. The molecule has 3 heteroatoms. The Kier molecular flexibility index (Phi) is 5.95. The Morgan fingerprint density at radius 3 is 2.38 bits per heavy atom. The maximum atomic E-state index is 8.73. The summed E-state index contributed by atoms with van der Waals surface area (Å²) < 4.78 is 0. The van der Waals surface area contributed by atoms with Crippen LogP contribution in [0, 0.1) is 0 Å². The van der Waals surface area contributed by atoms with E-state index in [-0.39, 0.29) is 6.61 Å². The molecule has 0 aliphatic heterocycles. The normalized spacial score (nSPS) is 15.2. The largest absolute Gasteiger partial charge is 0.396 e. The predicted molar refractivity (Wildman–Crippen MR) is 52.5 cm³/mol. The monoisotopic (exact) mass is 188 g/mol. The van der Waals surface area contributed by atoms with Crippen molar-refractivity contribution in [2.24, 2.45) is 0 Å². The second kappa shape index (κ2) is 6.13. The van der Waals surface area contributed by atoms with Crippen LogP contribution < -0.4 is 0 Å². The molecule has 0 aliphatic carbocycles. The van der Waals surface area contributed by atoms with Gasteiger partial charge in [0.15, 0.2) is 0 Å². The highest BCUT2D eigenvalue weighted by Crippen LogP contribution is 2.21. The van der Waals surface area contributed by atoms with Gasteiger partial charge in [-0.3, -0.25) is 5.26 Å². The second-order valence-electron chi connectivity index (χ2n) is 3.83. The standard InChI is InChI=1S/C10H20O3/c1-9(2)5-4-6-10(3,13-12)7-8-11/h5,11-12H,4,6-8H2,1-3H3/t10-/m1/s1. The topological polar surface area (TPSA) is 49.7 Å². The SMILES string of the molecule is CC(C)=CCC[C@](C)(CCO)OO. The summed E-state index contributed by atoms with van der Waals surface area (Å²) in [5.41, 5.74) is 0.644. The maximum Gasteiger partial charge on any atom is 0.103 e. The van der Waals surface area contributed by atoms with E-state index in [0.717, 1.165) is 12.8 Å².